The molecule has 1 aromatic heterocycles. The van der Waals surface area contributed by atoms with E-state index in [1.54, 1.807) is 12.3 Å². The first-order valence-electron chi connectivity index (χ1n) is 11.6. The van der Waals surface area contributed by atoms with Crippen molar-refractivity contribution in [2.75, 3.05) is 24.5 Å². The van der Waals surface area contributed by atoms with Crippen LogP contribution in [0.3, 0.4) is 0 Å². The van der Waals surface area contributed by atoms with Crippen LogP contribution in [-0.2, 0) is 4.79 Å². The molecular formula is C24H30N4O2. The molecule has 6 heteroatoms. The van der Waals surface area contributed by atoms with Gasteiger partial charge in [0, 0.05) is 31.4 Å². The van der Waals surface area contributed by atoms with E-state index in [4.69, 9.17) is 0 Å². The molecule has 158 valence electrons. The molecule has 3 atom stereocenters. The normalized spacial score (nSPS) is 42.2. The second-order valence-electron chi connectivity index (χ2n) is 10.7. The molecule has 6 nitrogen and oxygen atoms in total. The van der Waals surface area contributed by atoms with E-state index in [-0.39, 0.29) is 17.1 Å². The molecule has 0 aromatic carbocycles. The van der Waals surface area contributed by atoms with Crippen molar-refractivity contribution in [2.45, 2.75) is 63.0 Å². The topological polar surface area (TPSA) is 80.5 Å². The molecule has 3 unspecified atom stereocenters. The Labute approximate surface area is 177 Å². The maximum Gasteiger partial charge on any atom is 0.231 e. The molecular weight excluding hydrogens is 376 g/mol. The maximum atomic E-state index is 14.0. The van der Waals surface area contributed by atoms with Crippen LogP contribution in [-0.4, -0.2) is 52.2 Å². The van der Waals surface area contributed by atoms with Gasteiger partial charge in [0.25, 0.3) is 0 Å². The third-order valence-corrected chi connectivity index (χ3v) is 9.06. The number of likely N-dealkylation sites (tertiary alicyclic amines) is 1. The van der Waals surface area contributed by atoms with Crippen LogP contribution in [0, 0.1) is 34.5 Å². The molecule has 1 spiro atoms. The number of aliphatic hydroxyl groups is 1. The van der Waals surface area contributed by atoms with Gasteiger partial charge in [-0.05, 0) is 81.3 Å². The summed E-state index contributed by atoms with van der Waals surface area (Å²) in [6, 6.07) is 5.87. The molecule has 2 aliphatic heterocycles. The largest absolute Gasteiger partial charge is 0.393 e. The first kappa shape index (κ1) is 18.6. The number of nitrogens with zero attached hydrogens (tertiary/aromatic N) is 4. The highest BCUT2D eigenvalue weighted by Crippen LogP contribution is 2.59. The van der Waals surface area contributed by atoms with Crippen molar-refractivity contribution >= 4 is 11.7 Å². The minimum Gasteiger partial charge on any atom is -0.393 e. The summed E-state index contributed by atoms with van der Waals surface area (Å²) in [5.74, 6) is 2.51. The van der Waals surface area contributed by atoms with E-state index in [1.165, 1.54) is 0 Å². The van der Waals surface area contributed by atoms with Gasteiger partial charge in [0.05, 0.1) is 17.1 Å². The van der Waals surface area contributed by atoms with E-state index in [0.717, 1.165) is 70.3 Å². The molecule has 30 heavy (non-hydrogen) atoms. The lowest BCUT2D eigenvalue weighted by Crippen LogP contribution is -2.65. The van der Waals surface area contributed by atoms with Gasteiger partial charge in [-0.1, -0.05) is 0 Å². The molecule has 2 saturated heterocycles. The number of carbonyl (C=O) groups is 1. The molecule has 1 N–H and O–H groups in total. The molecule has 6 aliphatic rings. The van der Waals surface area contributed by atoms with Gasteiger partial charge in [-0.15, -0.1) is 0 Å². The van der Waals surface area contributed by atoms with Crippen LogP contribution < -0.4 is 4.90 Å². The van der Waals surface area contributed by atoms with Gasteiger partial charge in [-0.3, -0.25) is 4.79 Å². The van der Waals surface area contributed by atoms with Crippen LogP contribution in [0.25, 0.3) is 0 Å². The lowest BCUT2D eigenvalue weighted by atomic mass is 9.51. The number of nitriles is 1. The second kappa shape index (κ2) is 6.43. The summed E-state index contributed by atoms with van der Waals surface area (Å²) in [6.07, 6.45) is 9.80. The Bertz CT molecular complexity index is 910. The van der Waals surface area contributed by atoms with Gasteiger partial charge in [-0.25, -0.2) is 4.98 Å². The van der Waals surface area contributed by atoms with E-state index in [0.29, 0.717) is 35.8 Å². The Hall–Kier alpha value is -2.13. The first-order valence-corrected chi connectivity index (χ1v) is 11.6. The minimum atomic E-state index is -0.343. The summed E-state index contributed by atoms with van der Waals surface area (Å²) in [4.78, 5) is 22.9. The average molecular weight is 407 g/mol. The highest BCUT2D eigenvalue weighted by Gasteiger charge is 2.62. The Balaban J connectivity index is 1.27. The van der Waals surface area contributed by atoms with Crippen LogP contribution in [0.2, 0.25) is 0 Å². The zero-order valence-corrected chi connectivity index (χ0v) is 17.5. The van der Waals surface area contributed by atoms with Gasteiger partial charge in [0.2, 0.25) is 5.91 Å². The van der Waals surface area contributed by atoms with Gasteiger partial charge in [0.15, 0.2) is 0 Å². The predicted molar refractivity (Wildman–Crippen MR) is 111 cm³/mol. The van der Waals surface area contributed by atoms with Crippen molar-refractivity contribution in [3.8, 4) is 6.07 Å². The number of piperidine rings is 1. The third kappa shape index (κ3) is 2.51. The van der Waals surface area contributed by atoms with Crippen molar-refractivity contribution < 1.29 is 9.90 Å². The minimum absolute atomic E-state index is 0.0125. The van der Waals surface area contributed by atoms with E-state index < -0.39 is 0 Å². The summed E-state index contributed by atoms with van der Waals surface area (Å²) >= 11 is 0. The predicted octanol–water partition coefficient (Wildman–Crippen LogP) is 2.71. The van der Waals surface area contributed by atoms with Gasteiger partial charge in [0.1, 0.15) is 11.9 Å². The van der Waals surface area contributed by atoms with E-state index in [1.807, 2.05) is 6.07 Å². The van der Waals surface area contributed by atoms with Crippen molar-refractivity contribution in [3.63, 3.8) is 0 Å². The molecule has 1 aromatic rings. The van der Waals surface area contributed by atoms with Crippen LogP contribution in [0.4, 0.5) is 5.82 Å². The van der Waals surface area contributed by atoms with E-state index >= 15 is 0 Å². The Kier molecular flexibility index (Phi) is 3.99. The number of aromatic nitrogens is 1. The molecule has 6 fully saturated rings. The first-order chi connectivity index (χ1) is 14.5. The third-order valence-electron chi connectivity index (χ3n) is 9.06. The zero-order valence-electron chi connectivity index (χ0n) is 17.5. The molecule has 4 aliphatic carbocycles. The summed E-state index contributed by atoms with van der Waals surface area (Å²) in [7, 11) is 0. The Morgan fingerprint density at radius 3 is 2.73 bits per heavy atom. The monoisotopic (exact) mass is 406 g/mol. The van der Waals surface area contributed by atoms with Crippen LogP contribution >= 0.6 is 0 Å². The lowest BCUT2D eigenvalue weighted by Gasteiger charge is -2.61. The second-order valence-corrected chi connectivity index (χ2v) is 10.7. The number of hydrogen-bond donors (Lipinski definition) is 1. The zero-order chi connectivity index (χ0) is 20.5. The van der Waals surface area contributed by atoms with Crippen molar-refractivity contribution in [2.24, 2.45) is 23.2 Å². The number of anilines is 1. The van der Waals surface area contributed by atoms with E-state index in [9.17, 15) is 15.2 Å². The van der Waals surface area contributed by atoms with Crippen LogP contribution in [0.5, 0.6) is 0 Å². The average Bonchev–Trinajstić information content (AvgIpc) is 3.07. The number of aliphatic hydroxyl groups excluding tert-OH is 1. The van der Waals surface area contributed by atoms with Gasteiger partial charge >= 0.3 is 0 Å². The maximum absolute atomic E-state index is 14.0. The lowest BCUT2D eigenvalue weighted by molar-refractivity contribution is -0.167. The van der Waals surface area contributed by atoms with Crippen molar-refractivity contribution in [3.05, 3.63) is 23.9 Å². The Morgan fingerprint density at radius 1 is 1.17 bits per heavy atom. The molecule has 3 heterocycles. The van der Waals surface area contributed by atoms with Gasteiger partial charge < -0.3 is 14.9 Å². The molecule has 4 bridgehead atoms. The molecule has 4 saturated carbocycles. The highest BCUT2D eigenvalue weighted by atomic mass is 16.3. The molecule has 1 amide bonds. The fourth-order valence-electron chi connectivity index (χ4n) is 7.99. The smallest absolute Gasteiger partial charge is 0.231 e. The van der Waals surface area contributed by atoms with Crippen LogP contribution in [0.15, 0.2) is 18.3 Å². The Morgan fingerprint density at radius 2 is 1.97 bits per heavy atom. The van der Waals surface area contributed by atoms with Gasteiger partial charge in [-0.2, -0.15) is 5.26 Å². The summed E-state index contributed by atoms with van der Waals surface area (Å²) in [5, 5.41) is 20.2. The number of hydrogen-bond acceptors (Lipinski definition) is 5. The summed E-state index contributed by atoms with van der Waals surface area (Å²) in [5.41, 5.74) is 0.234. The van der Waals surface area contributed by atoms with Crippen molar-refractivity contribution in [1.29, 1.82) is 5.26 Å². The fraction of sp³-hybridized carbons (Fsp3) is 0.708. The van der Waals surface area contributed by atoms with E-state index in [2.05, 4.69) is 20.9 Å². The molecule has 0 radical (unpaired) electrons. The highest BCUT2D eigenvalue weighted by molar-refractivity contribution is 5.86. The SMILES string of the molecule is N#Cc1cccnc1N1CCCC2(CCN(C34CC5CC(C3)C(O)C(C5)C4)C2=O)C1. The summed E-state index contributed by atoms with van der Waals surface area (Å²) < 4.78 is 0. The number of carbonyl (C=O) groups excluding carboxylic acids is 1. The van der Waals surface area contributed by atoms with Crippen molar-refractivity contribution in [1.82, 2.24) is 9.88 Å². The summed E-state index contributed by atoms with van der Waals surface area (Å²) in [6.45, 7) is 2.37. The fourth-order valence-corrected chi connectivity index (χ4v) is 7.99. The number of amides is 1. The molecule has 7 rings (SSSR count). The number of pyridine rings is 1. The standard InChI is InChI=1S/C24H30N4O2/c25-14-17-3-1-6-26-21(17)27-7-2-4-23(15-27)5-8-28(22(23)30)24-11-16-9-18(12-24)20(29)19(10-16)13-24/h1,3,6,16,18-20,29H,2,4-5,7-13,15H2. The quantitative estimate of drug-likeness (QED) is 0.817. The van der Waals surface area contributed by atoms with Crippen LogP contribution in [0.1, 0.15) is 56.9 Å². The number of rotatable bonds is 2.